The lowest BCUT2D eigenvalue weighted by atomic mass is 9.97. The minimum Gasteiger partial charge on any atom is -0.493 e. The van der Waals surface area contributed by atoms with E-state index in [0.717, 1.165) is 18.6 Å². The molecule has 2 aliphatic heterocycles. The van der Waals surface area contributed by atoms with Crippen molar-refractivity contribution >= 4 is 15.9 Å². The molecule has 0 saturated carbocycles. The Labute approximate surface area is 194 Å². The fourth-order valence-electron chi connectivity index (χ4n) is 3.94. The third-order valence-corrected chi connectivity index (χ3v) is 7.20. The van der Waals surface area contributed by atoms with Crippen molar-refractivity contribution < 1.29 is 27.4 Å². The zero-order chi connectivity index (χ0) is 23.1. The van der Waals surface area contributed by atoms with Crippen LogP contribution < -0.4 is 24.2 Å². The van der Waals surface area contributed by atoms with Gasteiger partial charge in [-0.3, -0.25) is 4.79 Å². The Kier molecular flexibility index (Phi) is 7.72. The van der Waals surface area contributed by atoms with Crippen molar-refractivity contribution in [2.75, 3.05) is 32.9 Å². The largest absolute Gasteiger partial charge is 0.493 e. The molecule has 9 heteroatoms. The van der Waals surface area contributed by atoms with Crippen LogP contribution in [0.25, 0.3) is 0 Å². The summed E-state index contributed by atoms with van der Waals surface area (Å²) < 4.78 is 44.2. The number of benzene rings is 2. The number of unbranched alkanes of at least 4 members (excludes halogenated alkanes) is 2. The summed E-state index contributed by atoms with van der Waals surface area (Å²) in [7, 11) is -3.62. The Morgan fingerprint density at radius 3 is 2.64 bits per heavy atom. The molecule has 2 N–H and O–H groups in total. The molecule has 178 valence electrons. The summed E-state index contributed by atoms with van der Waals surface area (Å²) in [5, 5.41) is 2.99. The minimum absolute atomic E-state index is 0.0192. The van der Waals surface area contributed by atoms with Gasteiger partial charge in [0.1, 0.15) is 19.0 Å². The molecule has 0 saturated heterocycles. The van der Waals surface area contributed by atoms with Crippen molar-refractivity contribution in [2.24, 2.45) is 5.92 Å². The van der Waals surface area contributed by atoms with E-state index < -0.39 is 10.0 Å². The van der Waals surface area contributed by atoms with Gasteiger partial charge < -0.3 is 19.5 Å². The highest BCUT2D eigenvalue weighted by Gasteiger charge is 2.20. The normalized spacial score (nSPS) is 17.0. The molecule has 0 fully saturated rings. The van der Waals surface area contributed by atoms with Gasteiger partial charge in [0.05, 0.1) is 11.5 Å². The first kappa shape index (κ1) is 23.4. The van der Waals surface area contributed by atoms with Gasteiger partial charge in [0.2, 0.25) is 15.9 Å². The van der Waals surface area contributed by atoms with Crippen molar-refractivity contribution in [3.8, 4) is 17.2 Å². The maximum atomic E-state index is 12.5. The molecule has 2 aromatic carbocycles. The summed E-state index contributed by atoms with van der Waals surface area (Å²) in [5.41, 5.74) is 1.18. The van der Waals surface area contributed by atoms with Crippen LogP contribution in [0.4, 0.5) is 0 Å². The molecule has 4 rings (SSSR count). The first-order chi connectivity index (χ1) is 16.0. The summed E-state index contributed by atoms with van der Waals surface area (Å²) >= 11 is 0. The number of nitrogens with one attached hydrogen (secondary N) is 2. The number of rotatable bonds is 10. The zero-order valence-corrected chi connectivity index (χ0v) is 19.4. The lowest BCUT2D eigenvalue weighted by Crippen LogP contribution is -2.34. The lowest BCUT2D eigenvalue weighted by Gasteiger charge is -2.25. The molecular formula is C24H30N2O6S. The van der Waals surface area contributed by atoms with Crippen LogP contribution in [0.1, 0.15) is 31.2 Å². The van der Waals surface area contributed by atoms with Crippen LogP contribution >= 0.6 is 0 Å². The van der Waals surface area contributed by atoms with E-state index in [1.165, 1.54) is 17.7 Å². The number of amides is 1. The number of fused-ring (bicyclic) bond motifs is 2. The number of hydrogen-bond acceptors (Lipinski definition) is 6. The van der Waals surface area contributed by atoms with Gasteiger partial charge >= 0.3 is 0 Å². The molecule has 1 unspecified atom stereocenters. The van der Waals surface area contributed by atoms with Crippen LogP contribution in [0, 0.1) is 5.92 Å². The number of sulfonamides is 1. The van der Waals surface area contributed by atoms with E-state index >= 15 is 0 Å². The summed E-state index contributed by atoms with van der Waals surface area (Å²) in [6.45, 7) is 2.39. The van der Waals surface area contributed by atoms with Gasteiger partial charge in [-0.15, -0.1) is 0 Å². The summed E-state index contributed by atoms with van der Waals surface area (Å²) in [6.07, 6.45) is 3.46. The van der Waals surface area contributed by atoms with E-state index in [0.29, 0.717) is 63.7 Å². The van der Waals surface area contributed by atoms with Crippen molar-refractivity contribution in [1.82, 2.24) is 10.0 Å². The second kappa shape index (κ2) is 10.9. The first-order valence-electron chi connectivity index (χ1n) is 11.4. The number of ether oxygens (including phenoxy) is 3. The molecule has 2 aromatic rings. The standard InChI is InChI=1S/C24H30N2O6S/c27-24(25-16-18-14-19-6-3-4-7-21(19)32-17-18)8-2-1-5-11-26-33(28,29)20-9-10-22-23(15-20)31-13-12-30-22/h3-4,6-7,9-10,15,18,26H,1-2,5,8,11-14,16-17H2,(H,25,27). The third kappa shape index (κ3) is 6.39. The molecule has 0 bridgehead atoms. The van der Waals surface area contributed by atoms with Crippen LogP contribution in [0.5, 0.6) is 17.2 Å². The smallest absolute Gasteiger partial charge is 0.240 e. The third-order valence-electron chi connectivity index (χ3n) is 5.74. The molecular weight excluding hydrogens is 444 g/mol. The van der Waals surface area contributed by atoms with E-state index in [2.05, 4.69) is 16.1 Å². The lowest BCUT2D eigenvalue weighted by molar-refractivity contribution is -0.121. The van der Waals surface area contributed by atoms with Crippen molar-refractivity contribution in [1.29, 1.82) is 0 Å². The van der Waals surface area contributed by atoms with E-state index in [4.69, 9.17) is 14.2 Å². The molecule has 8 nitrogen and oxygen atoms in total. The highest BCUT2D eigenvalue weighted by Crippen LogP contribution is 2.32. The highest BCUT2D eigenvalue weighted by atomic mass is 32.2. The summed E-state index contributed by atoms with van der Waals surface area (Å²) in [5.74, 6) is 2.23. The quantitative estimate of drug-likeness (QED) is 0.513. The van der Waals surface area contributed by atoms with Gasteiger partial charge in [-0.25, -0.2) is 13.1 Å². The fraction of sp³-hybridized carbons (Fsp3) is 0.458. The molecule has 1 atom stereocenters. The van der Waals surface area contributed by atoms with Crippen molar-refractivity contribution in [3.05, 3.63) is 48.0 Å². The Morgan fingerprint density at radius 1 is 0.939 bits per heavy atom. The van der Waals surface area contributed by atoms with Crippen molar-refractivity contribution in [2.45, 2.75) is 37.0 Å². The monoisotopic (exact) mass is 474 g/mol. The summed E-state index contributed by atoms with van der Waals surface area (Å²) in [6, 6.07) is 12.6. The van der Waals surface area contributed by atoms with Crippen LogP contribution in [-0.2, 0) is 21.2 Å². The second-order valence-corrected chi connectivity index (χ2v) is 10.1. The molecule has 0 spiro atoms. The van der Waals surface area contributed by atoms with Crippen LogP contribution in [-0.4, -0.2) is 47.2 Å². The topological polar surface area (TPSA) is 103 Å². The SMILES string of the molecule is O=C(CCCCCNS(=O)(=O)c1ccc2c(c1)OCCO2)NCC1COc2ccccc2C1. The van der Waals surface area contributed by atoms with E-state index in [-0.39, 0.29) is 16.7 Å². The maximum Gasteiger partial charge on any atom is 0.240 e. The molecule has 1 amide bonds. The van der Waals surface area contributed by atoms with Gasteiger partial charge in [-0.1, -0.05) is 24.6 Å². The summed E-state index contributed by atoms with van der Waals surface area (Å²) in [4.78, 5) is 12.3. The predicted molar refractivity (Wildman–Crippen MR) is 123 cm³/mol. The molecule has 2 heterocycles. The van der Waals surface area contributed by atoms with Crippen LogP contribution in [0.2, 0.25) is 0 Å². The van der Waals surface area contributed by atoms with Gasteiger partial charge in [-0.05, 0) is 43.0 Å². The van der Waals surface area contributed by atoms with Gasteiger partial charge in [0.15, 0.2) is 11.5 Å². The Hall–Kier alpha value is -2.78. The van der Waals surface area contributed by atoms with E-state index in [9.17, 15) is 13.2 Å². The first-order valence-corrected chi connectivity index (χ1v) is 12.9. The number of carbonyl (C=O) groups is 1. The molecule has 2 aliphatic rings. The van der Waals surface area contributed by atoms with Crippen LogP contribution in [0.3, 0.4) is 0 Å². The van der Waals surface area contributed by atoms with Gasteiger partial charge in [-0.2, -0.15) is 0 Å². The van der Waals surface area contributed by atoms with Gasteiger partial charge in [0, 0.05) is 31.5 Å². The fourth-order valence-corrected chi connectivity index (χ4v) is 5.03. The molecule has 0 aliphatic carbocycles. The Morgan fingerprint density at radius 2 is 1.76 bits per heavy atom. The van der Waals surface area contributed by atoms with Crippen LogP contribution in [0.15, 0.2) is 47.4 Å². The molecule has 0 radical (unpaired) electrons. The van der Waals surface area contributed by atoms with E-state index in [1.807, 2.05) is 18.2 Å². The van der Waals surface area contributed by atoms with E-state index in [1.54, 1.807) is 6.07 Å². The number of carbonyl (C=O) groups excluding carboxylic acids is 1. The minimum atomic E-state index is -3.62. The Balaban J connectivity index is 1.10. The number of para-hydroxylation sites is 1. The zero-order valence-electron chi connectivity index (χ0n) is 18.5. The van der Waals surface area contributed by atoms with Crippen molar-refractivity contribution in [3.63, 3.8) is 0 Å². The number of hydrogen-bond donors (Lipinski definition) is 2. The average molecular weight is 475 g/mol. The molecule has 33 heavy (non-hydrogen) atoms. The highest BCUT2D eigenvalue weighted by molar-refractivity contribution is 7.89. The predicted octanol–water partition coefficient (Wildman–Crippen LogP) is 2.66. The average Bonchev–Trinajstić information content (AvgIpc) is 2.84. The maximum absolute atomic E-state index is 12.5. The van der Waals surface area contributed by atoms with Gasteiger partial charge in [0.25, 0.3) is 0 Å². The Bertz CT molecular complexity index is 1070. The molecule has 0 aromatic heterocycles. The second-order valence-electron chi connectivity index (χ2n) is 8.31.